The third kappa shape index (κ3) is 37.4. The summed E-state index contributed by atoms with van der Waals surface area (Å²) in [4.78, 5) is 0. The van der Waals surface area contributed by atoms with E-state index in [4.69, 9.17) is 44.8 Å². The molecule has 0 aliphatic rings. The lowest BCUT2D eigenvalue weighted by atomic mass is 10.0. The average molecular weight is 619 g/mol. The third-order valence-electron chi connectivity index (χ3n) is 7.84. The van der Waals surface area contributed by atoms with E-state index in [0.29, 0.717) is 0 Å². The van der Waals surface area contributed by atoms with Gasteiger partial charge in [-0.3, -0.25) is 0 Å². The minimum absolute atomic E-state index is 0.829. The zero-order valence-corrected chi connectivity index (χ0v) is 28.7. The van der Waals surface area contributed by atoms with Crippen LogP contribution in [0.15, 0.2) is 0 Å². The first-order valence-electron chi connectivity index (χ1n) is 16.7. The van der Waals surface area contributed by atoms with E-state index in [1.165, 1.54) is 186 Å². The number of halogens is 4. The van der Waals surface area contributed by atoms with E-state index in [1.807, 2.05) is 0 Å². The largest absolute Gasteiger partial charge is 0.341 e. The Morgan fingerprint density at radius 1 is 0.243 bits per heavy atom. The molecule has 0 saturated carbocycles. The van der Waals surface area contributed by atoms with Gasteiger partial charge in [-0.15, -0.1) is 44.8 Å². The summed E-state index contributed by atoms with van der Waals surface area (Å²) in [6.45, 7) is 0. The van der Waals surface area contributed by atoms with E-state index < -0.39 is 6.00 Å². The van der Waals surface area contributed by atoms with Crippen molar-refractivity contribution < 1.29 is 0 Å². The molecule has 0 spiro atoms. The summed E-state index contributed by atoms with van der Waals surface area (Å²) in [5.74, 6) is 0.841. The SMILES string of the molecule is ClCCCCCCCCCCCCCCCCCCCCCCCCCCCCCCCC[Si](Cl)(Cl)Cl. The predicted molar refractivity (Wildman–Crippen MR) is 177 cm³/mol. The van der Waals surface area contributed by atoms with Gasteiger partial charge in [0.15, 0.2) is 0 Å². The van der Waals surface area contributed by atoms with Crippen molar-refractivity contribution in [3.63, 3.8) is 0 Å². The van der Waals surface area contributed by atoms with Crippen molar-refractivity contribution in [1.29, 1.82) is 0 Å². The minimum atomic E-state index is -2.37. The van der Waals surface area contributed by atoms with E-state index >= 15 is 0 Å². The molecule has 224 valence electrons. The van der Waals surface area contributed by atoms with Gasteiger partial charge in [-0.1, -0.05) is 186 Å². The Labute approximate surface area is 254 Å². The van der Waals surface area contributed by atoms with E-state index in [0.717, 1.165) is 18.3 Å². The van der Waals surface area contributed by atoms with Gasteiger partial charge in [0, 0.05) is 5.88 Å². The second kappa shape index (κ2) is 31.9. The van der Waals surface area contributed by atoms with Crippen molar-refractivity contribution >= 4 is 50.8 Å². The molecular weight excluding hydrogens is 554 g/mol. The molecule has 0 aromatic carbocycles. The lowest BCUT2D eigenvalue weighted by molar-refractivity contribution is 0.513. The first-order chi connectivity index (χ1) is 18.1. The molecule has 0 amide bonds. The maximum Gasteiger partial charge on any atom is 0.341 e. The van der Waals surface area contributed by atoms with Crippen LogP contribution in [0.2, 0.25) is 6.04 Å². The van der Waals surface area contributed by atoms with Crippen molar-refractivity contribution in [2.24, 2.45) is 0 Å². The van der Waals surface area contributed by atoms with Crippen molar-refractivity contribution in [3.05, 3.63) is 0 Å². The highest BCUT2D eigenvalue weighted by Crippen LogP contribution is 2.27. The van der Waals surface area contributed by atoms with Crippen LogP contribution in [0, 0.1) is 0 Å². The van der Waals surface area contributed by atoms with E-state index in [9.17, 15) is 0 Å². The number of alkyl halides is 1. The normalized spacial score (nSPS) is 12.0. The Kier molecular flexibility index (Phi) is 33.1. The Morgan fingerprint density at radius 3 is 0.568 bits per heavy atom. The summed E-state index contributed by atoms with van der Waals surface area (Å²) in [6.07, 6.45) is 42.4. The molecule has 0 aliphatic heterocycles. The predicted octanol–water partition coefficient (Wildman–Crippen LogP) is 14.6. The number of unbranched alkanes of at least 4 members (excludes halogenated alkanes) is 29. The summed E-state index contributed by atoms with van der Waals surface area (Å²) < 4.78 is 0. The molecule has 37 heavy (non-hydrogen) atoms. The van der Waals surface area contributed by atoms with Crippen molar-refractivity contribution in [2.45, 2.75) is 199 Å². The van der Waals surface area contributed by atoms with Crippen LogP contribution in [0.25, 0.3) is 0 Å². The quantitative estimate of drug-likeness (QED) is 0.0305. The van der Waals surface area contributed by atoms with Crippen LogP contribution in [-0.2, 0) is 0 Å². The highest BCUT2D eigenvalue weighted by molar-refractivity contribution is 7.64. The van der Waals surface area contributed by atoms with Crippen LogP contribution in [0.5, 0.6) is 0 Å². The molecule has 0 fully saturated rings. The van der Waals surface area contributed by atoms with E-state index in [2.05, 4.69) is 0 Å². The monoisotopic (exact) mass is 616 g/mol. The van der Waals surface area contributed by atoms with Crippen LogP contribution in [0.3, 0.4) is 0 Å². The maximum atomic E-state index is 5.92. The summed E-state index contributed by atoms with van der Waals surface area (Å²) in [6, 6.07) is -1.54. The zero-order chi connectivity index (χ0) is 27.1. The Hall–Kier alpha value is 1.38. The van der Waals surface area contributed by atoms with Gasteiger partial charge in [0.05, 0.1) is 0 Å². The van der Waals surface area contributed by atoms with Crippen LogP contribution in [-0.4, -0.2) is 11.9 Å². The highest BCUT2D eigenvalue weighted by Gasteiger charge is 2.23. The molecule has 0 aliphatic carbocycles. The standard InChI is InChI=1S/C32H64Cl4Si/c33-31-29-27-25-23-21-19-17-15-13-11-9-7-5-3-1-2-4-6-8-10-12-14-16-18-20-22-24-26-28-30-32-37(34,35)36/h1-32H2. The Bertz CT molecular complexity index is 414. The molecule has 0 rings (SSSR count). The van der Waals surface area contributed by atoms with Gasteiger partial charge in [0.2, 0.25) is 0 Å². The third-order valence-corrected chi connectivity index (χ3v) is 10.7. The lowest BCUT2D eigenvalue weighted by Crippen LogP contribution is -2.07. The number of hydrogen-bond donors (Lipinski definition) is 0. The van der Waals surface area contributed by atoms with Crippen molar-refractivity contribution in [3.8, 4) is 0 Å². The summed E-state index contributed by atoms with van der Waals surface area (Å²) in [5.41, 5.74) is 0. The average Bonchev–Trinajstić information content (AvgIpc) is 2.86. The Morgan fingerprint density at radius 2 is 0.405 bits per heavy atom. The first-order valence-corrected chi connectivity index (χ1v) is 22.5. The van der Waals surface area contributed by atoms with Crippen LogP contribution in [0.4, 0.5) is 0 Å². The van der Waals surface area contributed by atoms with Crippen LogP contribution in [0.1, 0.15) is 193 Å². The van der Waals surface area contributed by atoms with Crippen molar-refractivity contribution in [2.75, 3.05) is 5.88 Å². The molecule has 0 N–H and O–H groups in total. The summed E-state index contributed by atoms with van der Waals surface area (Å²) >= 11 is 23.5. The smallest absolute Gasteiger partial charge is 0.127 e. The highest BCUT2D eigenvalue weighted by atomic mass is 35.8. The molecule has 0 radical (unpaired) electrons. The van der Waals surface area contributed by atoms with Crippen molar-refractivity contribution in [1.82, 2.24) is 0 Å². The van der Waals surface area contributed by atoms with Crippen LogP contribution < -0.4 is 0 Å². The fourth-order valence-corrected chi connectivity index (χ4v) is 7.41. The van der Waals surface area contributed by atoms with E-state index in [-0.39, 0.29) is 0 Å². The topological polar surface area (TPSA) is 0 Å². The number of hydrogen-bond acceptors (Lipinski definition) is 0. The summed E-state index contributed by atoms with van der Waals surface area (Å²) in [7, 11) is 0. The number of rotatable bonds is 32. The molecule has 0 atom stereocenters. The molecule has 0 heterocycles. The molecule has 0 aromatic rings. The van der Waals surface area contributed by atoms with E-state index in [1.54, 1.807) is 0 Å². The molecule has 0 saturated heterocycles. The fraction of sp³-hybridized carbons (Fsp3) is 1.00. The second-order valence-electron chi connectivity index (χ2n) is 11.7. The second-order valence-corrected chi connectivity index (χ2v) is 21.3. The molecule has 0 nitrogen and oxygen atoms in total. The zero-order valence-electron chi connectivity index (χ0n) is 24.6. The van der Waals surface area contributed by atoms with Gasteiger partial charge in [-0.25, -0.2) is 0 Å². The van der Waals surface area contributed by atoms with Gasteiger partial charge >= 0.3 is 6.00 Å². The van der Waals surface area contributed by atoms with Gasteiger partial charge in [-0.2, -0.15) is 0 Å². The molecular formula is C32H64Cl4Si. The summed E-state index contributed by atoms with van der Waals surface area (Å²) in [5, 5.41) is 0. The fourth-order valence-electron chi connectivity index (χ4n) is 5.37. The van der Waals surface area contributed by atoms with Gasteiger partial charge in [0.25, 0.3) is 0 Å². The Balaban J connectivity index is 3.04. The molecule has 0 bridgehead atoms. The molecule has 5 heteroatoms. The molecule has 0 unspecified atom stereocenters. The van der Waals surface area contributed by atoms with Gasteiger partial charge in [-0.05, 0) is 12.5 Å². The minimum Gasteiger partial charge on any atom is -0.127 e. The van der Waals surface area contributed by atoms with Crippen LogP contribution >= 0.6 is 44.8 Å². The molecule has 0 aromatic heterocycles. The maximum absolute atomic E-state index is 5.92. The van der Waals surface area contributed by atoms with Gasteiger partial charge < -0.3 is 0 Å². The first kappa shape index (κ1) is 38.4. The lowest BCUT2D eigenvalue weighted by Gasteiger charge is -2.07. The van der Waals surface area contributed by atoms with Gasteiger partial charge in [0.1, 0.15) is 0 Å².